The fourth-order valence-electron chi connectivity index (χ4n) is 2.29. The van der Waals surface area contributed by atoms with E-state index in [2.05, 4.69) is 4.90 Å². The van der Waals surface area contributed by atoms with Crippen molar-refractivity contribution in [2.75, 3.05) is 39.1 Å². The van der Waals surface area contributed by atoms with Crippen molar-refractivity contribution in [2.24, 2.45) is 0 Å². The van der Waals surface area contributed by atoms with Crippen LogP contribution >= 0.6 is 0 Å². The summed E-state index contributed by atoms with van der Waals surface area (Å²) in [5, 5.41) is 0. The van der Waals surface area contributed by atoms with Gasteiger partial charge in [0.2, 0.25) is 10.0 Å². The minimum absolute atomic E-state index is 0.0566. The summed E-state index contributed by atoms with van der Waals surface area (Å²) in [5.41, 5.74) is 0. The first-order valence-electron chi connectivity index (χ1n) is 6.28. The van der Waals surface area contributed by atoms with Gasteiger partial charge in [-0.2, -0.15) is 4.31 Å². The number of hydrogen-bond donors (Lipinski definition) is 0. The van der Waals surface area contributed by atoms with Crippen molar-refractivity contribution in [3.8, 4) is 0 Å². The lowest BCUT2D eigenvalue weighted by atomic mass is 10.1. The van der Waals surface area contributed by atoms with E-state index in [0.717, 1.165) is 0 Å². The quantitative estimate of drug-likeness (QED) is 0.675. The zero-order valence-electron chi connectivity index (χ0n) is 11.6. The molecule has 0 bridgehead atoms. The summed E-state index contributed by atoms with van der Waals surface area (Å²) < 4.78 is 53.3. The molecule has 114 valence electrons. The van der Waals surface area contributed by atoms with Gasteiger partial charge in [0, 0.05) is 31.7 Å². The fraction of sp³-hybridized carbons (Fsp3) is 1.00. The smallest absolute Gasteiger partial charge is 0.261 e. The third kappa shape index (κ3) is 5.29. The Morgan fingerprint density at radius 1 is 1.26 bits per heavy atom. The van der Waals surface area contributed by atoms with Gasteiger partial charge >= 0.3 is 0 Å². The molecule has 1 heterocycles. The molecule has 0 aromatic heterocycles. The van der Waals surface area contributed by atoms with E-state index < -0.39 is 23.1 Å². The average Bonchev–Trinajstić information content (AvgIpc) is 2.26. The number of nitrogens with zero attached hydrogens (tertiary/aromatic N) is 2. The predicted molar refractivity (Wildman–Crippen MR) is 68.9 cm³/mol. The first-order valence-corrected chi connectivity index (χ1v) is 8.13. The van der Waals surface area contributed by atoms with Crippen molar-refractivity contribution in [1.82, 2.24) is 9.21 Å². The van der Waals surface area contributed by atoms with Gasteiger partial charge in [0.05, 0.1) is 12.9 Å². The van der Waals surface area contributed by atoms with Gasteiger partial charge in [0.1, 0.15) is 6.61 Å². The number of hydrogen-bond acceptors (Lipinski definition) is 4. The van der Waals surface area contributed by atoms with Crippen molar-refractivity contribution in [2.45, 2.75) is 32.4 Å². The van der Waals surface area contributed by atoms with Crippen LogP contribution in [-0.2, 0) is 14.8 Å². The number of rotatable bonds is 6. The van der Waals surface area contributed by atoms with Gasteiger partial charge < -0.3 is 4.74 Å². The maximum absolute atomic E-state index is 11.9. The van der Waals surface area contributed by atoms with E-state index in [9.17, 15) is 17.2 Å². The molecule has 0 aromatic carbocycles. The molecule has 1 saturated heterocycles. The Labute approximate surface area is 113 Å². The van der Waals surface area contributed by atoms with Crippen LogP contribution in [0, 0.1) is 0 Å². The third-order valence-electron chi connectivity index (χ3n) is 3.25. The van der Waals surface area contributed by atoms with Crippen LogP contribution in [0.1, 0.15) is 13.8 Å². The molecule has 0 aromatic rings. The molecule has 0 saturated carbocycles. The van der Waals surface area contributed by atoms with E-state index in [1.54, 1.807) is 0 Å². The topological polar surface area (TPSA) is 49.9 Å². The molecule has 19 heavy (non-hydrogen) atoms. The lowest BCUT2D eigenvalue weighted by Crippen LogP contribution is -2.58. The van der Waals surface area contributed by atoms with Gasteiger partial charge in [0.15, 0.2) is 0 Å². The molecule has 2 atom stereocenters. The van der Waals surface area contributed by atoms with Crippen LogP contribution in [0.2, 0.25) is 0 Å². The van der Waals surface area contributed by atoms with Crippen LogP contribution in [0.15, 0.2) is 0 Å². The van der Waals surface area contributed by atoms with Crippen LogP contribution in [0.5, 0.6) is 0 Å². The molecule has 1 fully saturated rings. The van der Waals surface area contributed by atoms with Crippen LogP contribution < -0.4 is 0 Å². The second-order valence-corrected chi connectivity index (χ2v) is 6.93. The number of halogens is 2. The molecule has 5 nitrogen and oxygen atoms in total. The number of sulfonamides is 1. The van der Waals surface area contributed by atoms with Crippen molar-refractivity contribution < 1.29 is 21.9 Å². The summed E-state index contributed by atoms with van der Waals surface area (Å²) in [5.74, 6) is 0. The molecule has 1 rings (SSSR count). The van der Waals surface area contributed by atoms with Crippen LogP contribution in [0.4, 0.5) is 8.78 Å². The Morgan fingerprint density at radius 2 is 1.89 bits per heavy atom. The normalized spacial score (nSPS) is 27.1. The number of piperazine rings is 1. The molecule has 0 N–H and O–H groups in total. The molecule has 0 spiro atoms. The van der Waals surface area contributed by atoms with Gasteiger partial charge in [-0.3, -0.25) is 4.90 Å². The SMILES string of the molecule is CC1CN(S(C)(=O)=O)C(C)CN1CCOCC(F)F. The monoisotopic (exact) mass is 300 g/mol. The van der Waals surface area contributed by atoms with Crippen LogP contribution in [0.3, 0.4) is 0 Å². The molecule has 2 unspecified atom stereocenters. The highest BCUT2D eigenvalue weighted by Crippen LogP contribution is 2.17. The van der Waals surface area contributed by atoms with Gasteiger partial charge in [-0.05, 0) is 13.8 Å². The molecule has 0 radical (unpaired) electrons. The first kappa shape index (κ1) is 16.7. The Kier molecular flexibility index (Phi) is 6.10. The minimum atomic E-state index is -3.19. The van der Waals surface area contributed by atoms with E-state index in [4.69, 9.17) is 4.74 Å². The summed E-state index contributed by atoms with van der Waals surface area (Å²) in [6.07, 6.45) is -1.24. The summed E-state index contributed by atoms with van der Waals surface area (Å²) in [7, 11) is -3.19. The van der Waals surface area contributed by atoms with Gasteiger partial charge in [-0.15, -0.1) is 0 Å². The lowest BCUT2D eigenvalue weighted by Gasteiger charge is -2.42. The Bertz CT molecular complexity index is 378. The highest BCUT2D eigenvalue weighted by molar-refractivity contribution is 7.88. The predicted octanol–water partition coefficient (Wildman–Crippen LogP) is 0.622. The van der Waals surface area contributed by atoms with Crippen molar-refractivity contribution in [3.63, 3.8) is 0 Å². The van der Waals surface area contributed by atoms with E-state index in [1.807, 2.05) is 13.8 Å². The molecule has 0 amide bonds. The van der Waals surface area contributed by atoms with E-state index in [1.165, 1.54) is 10.6 Å². The van der Waals surface area contributed by atoms with Crippen LogP contribution in [0.25, 0.3) is 0 Å². The summed E-state index contributed by atoms with van der Waals surface area (Å²) in [6.45, 7) is 5.02. The highest BCUT2D eigenvalue weighted by Gasteiger charge is 2.33. The molecular formula is C11H22F2N2O3S. The first-order chi connectivity index (χ1) is 8.71. The number of ether oxygens (including phenoxy) is 1. The van der Waals surface area contributed by atoms with E-state index in [-0.39, 0.29) is 18.7 Å². The summed E-state index contributed by atoms with van der Waals surface area (Å²) in [4.78, 5) is 2.07. The van der Waals surface area contributed by atoms with Crippen molar-refractivity contribution in [1.29, 1.82) is 0 Å². The zero-order chi connectivity index (χ0) is 14.6. The van der Waals surface area contributed by atoms with E-state index >= 15 is 0 Å². The van der Waals surface area contributed by atoms with Crippen molar-refractivity contribution >= 4 is 10.0 Å². The minimum Gasteiger partial charge on any atom is -0.374 e. The number of alkyl halides is 2. The molecular weight excluding hydrogens is 278 g/mol. The molecule has 8 heteroatoms. The van der Waals surface area contributed by atoms with Gasteiger partial charge in [-0.1, -0.05) is 0 Å². The summed E-state index contributed by atoms with van der Waals surface area (Å²) in [6, 6.07) is -0.0534. The molecule has 0 aliphatic carbocycles. The maximum Gasteiger partial charge on any atom is 0.261 e. The fourth-order valence-corrected chi connectivity index (χ4v) is 3.50. The van der Waals surface area contributed by atoms with E-state index in [0.29, 0.717) is 19.6 Å². The Hall–Kier alpha value is -0.310. The highest BCUT2D eigenvalue weighted by atomic mass is 32.2. The molecule has 1 aliphatic heterocycles. The van der Waals surface area contributed by atoms with Gasteiger partial charge in [0.25, 0.3) is 6.43 Å². The maximum atomic E-state index is 11.9. The van der Waals surface area contributed by atoms with Gasteiger partial charge in [-0.25, -0.2) is 17.2 Å². The van der Waals surface area contributed by atoms with Crippen LogP contribution in [-0.4, -0.2) is 75.2 Å². The summed E-state index contributed by atoms with van der Waals surface area (Å²) >= 11 is 0. The second kappa shape index (κ2) is 6.92. The largest absolute Gasteiger partial charge is 0.374 e. The standard InChI is InChI=1S/C11H22F2N2O3S/c1-9-7-15(19(3,16)17)10(2)6-14(9)4-5-18-8-11(12)13/h9-11H,4-8H2,1-3H3. The average molecular weight is 300 g/mol. The second-order valence-electron chi connectivity index (χ2n) is 4.99. The lowest BCUT2D eigenvalue weighted by molar-refractivity contribution is -0.00193. The third-order valence-corrected chi connectivity index (χ3v) is 4.61. The Balaban J connectivity index is 2.43. The Morgan fingerprint density at radius 3 is 2.42 bits per heavy atom. The molecule has 1 aliphatic rings. The zero-order valence-corrected chi connectivity index (χ0v) is 12.4. The van der Waals surface area contributed by atoms with Crippen molar-refractivity contribution in [3.05, 3.63) is 0 Å².